The van der Waals surface area contributed by atoms with Crippen molar-refractivity contribution in [2.24, 2.45) is 0 Å². The number of halogens is 1. The lowest BCUT2D eigenvalue weighted by Gasteiger charge is -2.05. The molecule has 0 saturated carbocycles. The summed E-state index contributed by atoms with van der Waals surface area (Å²) in [5, 5.41) is 0.885. The van der Waals surface area contributed by atoms with Gasteiger partial charge in [0.2, 0.25) is 5.88 Å². The number of hydrogen-bond donors (Lipinski definition) is 0. The maximum Gasteiger partial charge on any atom is 0.320 e. The van der Waals surface area contributed by atoms with Crippen LogP contribution in [-0.2, 0) is 0 Å². The molecular formula is C10H11ClN2O2. The van der Waals surface area contributed by atoms with E-state index in [4.69, 9.17) is 9.47 Å². The zero-order chi connectivity index (χ0) is 9.97. The predicted molar refractivity (Wildman–Crippen MR) is 59.9 cm³/mol. The topological polar surface area (TPSA) is 44.2 Å². The third-order valence-corrected chi connectivity index (χ3v) is 1.92. The summed E-state index contributed by atoms with van der Waals surface area (Å²) in [6, 6.07) is 7.95. The summed E-state index contributed by atoms with van der Waals surface area (Å²) < 4.78 is 10.1. The van der Waals surface area contributed by atoms with Crippen molar-refractivity contribution in [3.63, 3.8) is 0 Å². The Labute approximate surface area is 93.7 Å². The zero-order valence-electron chi connectivity index (χ0n) is 8.43. The Bertz CT molecular complexity index is 462. The minimum Gasteiger partial charge on any atom is -0.480 e. The predicted octanol–water partition coefficient (Wildman–Crippen LogP) is 2.07. The van der Waals surface area contributed by atoms with E-state index in [1.807, 2.05) is 24.3 Å². The quantitative estimate of drug-likeness (QED) is 0.787. The van der Waals surface area contributed by atoms with Crippen LogP contribution in [0.5, 0.6) is 11.9 Å². The highest BCUT2D eigenvalue weighted by Crippen LogP contribution is 2.23. The molecule has 0 fully saturated rings. The van der Waals surface area contributed by atoms with Gasteiger partial charge in [0.15, 0.2) is 0 Å². The van der Waals surface area contributed by atoms with E-state index < -0.39 is 0 Å². The molecule has 5 heteroatoms. The summed E-state index contributed by atoms with van der Waals surface area (Å²) in [5.41, 5.74) is 0.816. The van der Waals surface area contributed by atoms with Crippen molar-refractivity contribution in [3.05, 3.63) is 24.3 Å². The average Bonchev–Trinajstić information content (AvgIpc) is 2.27. The largest absolute Gasteiger partial charge is 0.480 e. The lowest BCUT2D eigenvalue weighted by molar-refractivity contribution is 0.357. The molecule has 0 aliphatic carbocycles. The van der Waals surface area contributed by atoms with Crippen molar-refractivity contribution in [1.29, 1.82) is 0 Å². The standard InChI is InChI=1S/C10H10N2O2.ClH/c1-13-9-7-5-3-4-6-8(7)11-10(12-9)14-2;/h3-6H,1-2H3;1H. The first-order chi connectivity index (χ1) is 6.85. The van der Waals surface area contributed by atoms with Gasteiger partial charge in [-0.05, 0) is 12.1 Å². The van der Waals surface area contributed by atoms with Gasteiger partial charge in [0.1, 0.15) is 0 Å². The van der Waals surface area contributed by atoms with Crippen LogP contribution in [0, 0.1) is 0 Å². The van der Waals surface area contributed by atoms with E-state index in [1.54, 1.807) is 7.11 Å². The lowest BCUT2D eigenvalue weighted by Crippen LogP contribution is -1.96. The van der Waals surface area contributed by atoms with Crippen molar-refractivity contribution >= 4 is 23.3 Å². The second kappa shape index (κ2) is 4.79. The van der Waals surface area contributed by atoms with Crippen LogP contribution in [0.4, 0.5) is 0 Å². The van der Waals surface area contributed by atoms with Gasteiger partial charge in [0.25, 0.3) is 0 Å². The molecule has 0 amide bonds. The first kappa shape index (κ1) is 11.5. The fraction of sp³-hybridized carbons (Fsp3) is 0.200. The molecule has 15 heavy (non-hydrogen) atoms. The van der Waals surface area contributed by atoms with Crippen molar-refractivity contribution in [2.75, 3.05) is 14.2 Å². The summed E-state index contributed by atoms with van der Waals surface area (Å²) in [7, 11) is 3.11. The molecule has 80 valence electrons. The molecule has 1 aromatic heterocycles. The lowest BCUT2D eigenvalue weighted by atomic mass is 10.2. The first-order valence-corrected chi connectivity index (χ1v) is 4.20. The molecule has 4 nitrogen and oxygen atoms in total. The minimum atomic E-state index is 0. The van der Waals surface area contributed by atoms with Crippen LogP contribution in [-0.4, -0.2) is 24.2 Å². The third kappa shape index (κ3) is 2.10. The van der Waals surface area contributed by atoms with Crippen LogP contribution in [0.1, 0.15) is 0 Å². The number of methoxy groups -OCH3 is 2. The third-order valence-electron chi connectivity index (χ3n) is 1.92. The number of para-hydroxylation sites is 1. The van der Waals surface area contributed by atoms with Gasteiger partial charge in [0, 0.05) is 0 Å². The highest BCUT2D eigenvalue weighted by Gasteiger charge is 2.06. The Hall–Kier alpha value is -1.55. The van der Waals surface area contributed by atoms with Gasteiger partial charge in [-0.25, -0.2) is 0 Å². The second-order valence-corrected chi connectivity index (χ2v) is 2.74. The molecular weight excluding hydrogens is 216 g/mol. The highest BCUT2D eigenvalue weighted by molar-refractivity contribution is 5.85. The van der Waals surface area contributed by atoms with Crippen molar-refractivity contribution in [3.8, 4) is 11.9 Å². The first-order valence-electron chi connectivity index (χ1n) is 4.20. The molecule has 2 rings (SSSR count). The molecule has 0 unspecified atom stereocenters. The van der Waals surface area contributed by atoms with E-state index in [1.165, 1.54) is 7.11 Å². The van der Waals surface area contributed by atoms with E-state index >= 15 is 0 Å². The van der Waals surface area contributed by atoms with Gasteiger partial charge < -0.3 is 9.47 Å². The SMILES string of the molecule is COc1nc(OC)c2ccccc2n1.Cl. The number of fused-ring (bicyclic) bond motifs is 1. The summed E-state index contributed by atoms with van der Waals surface area (Å²) in [5.74, 6) is 0.535. The maximum atomic E-state index is 5.14. The van der Waals surface area contributed by atoms with Crippen LogP contribution in [0.25, 0.3) is 10.9 Å². The number of hydrogen-bond acceptors (Lipinski definition) is 4. The highest BCUT2D eigenvalue weighted by atomic mass is 35.5. The van der Waals surface area contributed by atoms with E-state index in [0.29, 0.717) is 11.9 Å². The number of rotatable bonds is 2. The van der Waals surface area contributed by atoms with E-state index in [-0.39, 0.29) is 12.4 Å². The number of nitrogens with zero attached hydrogens (tertiary/aromatic N) is 2. The maximum absolute atomic E-state index is 5.14. The van der Waals surface area contributed by atoms with Gasteiger partial charge in [0.05, 0.1) is 25.1 Å². The Balaban J connectivity index is 0.00000112. The number of aromatic nitrogens is 2. The monoisotopic (exact) mass is 226 g/mol. The van der Waals surface area contributed by atoms with E-state index in [9.17, 15) is 0 Å². The molecule has 0 spiro atoms. The van der Waals surface area contributed by atoms with Crippen LogP contribution >= 0.6 is 12.4 Å². The molecule has 1 heterocycles. The Morgan fingerprint density at radius 3 is 2.40 bits per heavy atom. The molecule has 0 bridgehead atoms. The average molecular weight is 227 g/mol. The Kier molecular flexibility index (Phi) is 3.68. The van der Waals surface area contributed by atoms with Crippen LogP contribution in [0.2, 0.25) is 0 Å². The Morgan fingerprint density at radius 1 is 1.00 bits per heavy atom. The fourth-order valence-corrected chi connectivity index (χ4v) is 1.27. The molecule has 0 saturated heterocycles. The van der Waals surface area contributed by atoms with Gasteiger partial charge in [-0.2, -0.15) is 9.97 Å². The molecule has 0 N–H and O–H groups in total. The normalized spacial score (nSPS) is 9.47. The van der Waals surface area contributed by atoms with Crippen LogP contribution < -0.4 is 9.47 Å². The van der Waals surface area contributed by atoms with Gasteiger partial charge in [-0.3, -0.25) is 0 Å². The molecule has 0 radical (unpaired) electrons. The smallest absolute Gasteiger partial charge is 0.320 e. The second-order valence-electron chi connectivity index (χ2n) is 2.74. The van der Waals surface area contributed by atoms with Gasteiger partial charge in [-0.15, -0.1) is 12.4 Å². The van der Waals surface area contributed by atoms with Crippen LogP contribution in [0.3, 0.4) is 0 Å². The fourth-order valence-electron chi connectivity index (χ4n) is 1.27. The van der Waals surface area contributed by atoms with Crippen molar-refractivity contribution in [2.45, 2.75) is 0 Å². The van der Waals surface area contributed by atoms with Crippen molar-refractivity contribution in [1.82, 2.24) is 9.97 Å². The molecule has 0 aliphatic heterocycles. The Morgan fingerprint density at radius 2 is 1.73 bits per heavy atom. The van der Waals surface area contributed by atoms with Gasteiger partial charge in [-0.1, -0.05) is 12.1 Å². The number of ether oxygens (including phenoxy) is 2. The van der Waals surface area contributed by atoms with Crippen LogP contribution in [0.15, 0.2) is 24.3 Å². The zero-order valence-corrected chi connectivity index (χ0v) is 9.25. The minimum absolute atomic E-state index is 0. The molecule has 0 atom stereocenters. The van der Waals surface area contributed by atoms with Gasteiger partial charge >= 0.3 is 6.01 Å². The van der Waals surface area contributed by atoms with E-state index in [2.05, 4.69) is 9.97 Å². The molecule has 2 aromatic rings. The summed E-state index contributed by atoms with van der Waals surface area (Å²) in [4.78, 5) is 8.27. The van der Waals surface area contributed by atoms with Crippen molar-refractivity contribution < 1.29 is 9.47 Å². The summed E-state index contributed by atoms with van der Waals surface area (Å²) in [6.07, 6.45) is 0. The molecule has 0 aliphatic rings. The summed E-state index contributed by atoms with van der Waals surface area (Å²) in [6.45, 7) is 0. The summed E-state index contributed by atoms with van der Waals surface area (Å²) >= 11 is 0. The molecule has 1 aromatic carbocycles. The number of benzene rings is 1. The van der Waals surface area contributed by atoms with E-state index in [0.717, 1.165) is 10.9 Å².